The van der Waals surface area contributed by atoms with Crippen molar-refractivity contribution in [1.29, 1.82) is 0 Å². The van der Waals surface area contributed by atoms with Gasteiger partial charge in [-0.1, -0.05) is 212 Å². The Hall–Kier alpha value is -8.72. The van der Waals surface area contributed by atoms with E-state index in [4.69, 9.17) is 4.42 Å². The van der Waals surface area contributed by atoms with Crippen molar-refractivity contribution in [1.82, 2.24) is 0 Å². The Bertz CT molecular complexity index is 3680. The van der Waals surface area contributed by atoms with Crippen molar-refractivity contribution in [2.45, 2.75) is 0 Å². The lowest BCUT2D eigenvalue weighted by Crippen LogP contribution is -2.10. The number of para-hydroxylation sites is 1. The zero-order chi connectivity index (χ0) is 43.8. The molecule has 66 heavy (non-hydrogen) atoms. The zero-order valence-corrected chi connectivity index (χ0v) is 36.2. The summed E-state index contributed by atoms with van der Waals surface area (Å²) in [7, 11) is 0. The number of fused-ring (bicyclic) bond motifs is 4. The predicted octanol–water partition coefficient (Wildman–Crippen LogP) is 18.2. The lowest BCUT2D eigenvalue weighted by molar-refractivity contribution is 0.670. The second-order valence-corrected chi connectivity index (χ2v) is 16.8. The van der Waals surface area contributed by atoms with Gasteiger partial charge in [0.2, 0.25) is 0 Å². The van der Waals surface area contributed by atoms with Crippen molar-refractivity contribution in [3.8, 4) is 66.8 Å². The van der Waals surface area contributed by atoms with Crippen LogP contribution in [0.15, 0.2) is 265 Å². The van der Waals surface area contributed by atoms with Gasteiger partial charge in [-0.2, -0.15) is 0 Å². The van der Waals surface area contributed by atoms with Crippen molar-refractivity contribution in [3.05, 3.63) is 261 Å². The predicted molar refractivity (Wildman–Crippen MR) is 279 cm³/mol. The molecule has 12 rings (SSSR count). The van der Waals surface area contributed by atoms with Crippen LogP contribution < -0.4 is 4.90 Å². The fourth-order valence-corrected chi connectivity index (χ4v) is 9.76. The molecule has 2 nitrogen and oxygen atoms in total. The van der Waals surface area contributed by atoms with E-state index in [1.807, 2.05) is 6.07 Å². The molecule has 0 amide bonds. The number of hydrogen-bond acceptors (Lipinski definition) is 2. The largest absolute Gasteiger partial charge is 0.455 e. The Labute approximate surface area is 384 Å². The molecule has 0 radical (unpaired) electrons. The molecule has 0 unspecified atom stereocenters. The number of nitrogens with zero attached hydrogens (tertiary/aromatic N) is 1. The fraction of sp³-hybridized carbons (Fsp3) is 0. The van der Waals surface area contributed by atoms with Gasteiger partial charge in [0, 0.05) is 22.3 Å². The molecule has 12 aromatic rings. The van der Waals surface area contributed by atoms with Crippen LogP contribution in [0.1, 0.15) is 0 Å². The molecule has 0 atom stereocenters. The van der Waals surface area contributed by atoms with E-state index in [2.05, 4.69) is 260 Å². The van der Waals surface area contributed by atoms with Crippen LogP contribution in [0.5, 0.6) is 0 Å². The molecule has 0 saturated carbocycles. The van der Waals surface area contributed by atoms with Crippen LogP contribution in [0.2, 0.25) is 0 Å². The molecule has 1 aromatic heterocycles. The fourth-order valence-electron chi connectivity index (χ4n) is 9.76. The van der Waals surface area contributed by atoms with Crippen molar-refractivity contribution < 1.29 is 4.42 Å². The van der Waals surface area contributed by atoms with E-state index in [9.17, 15) is 0 Å². The Morgan fingerprint density at radius 3 is 1.42 bits per heavy atom. The van der Waals surface area contributed by atoms with E-state index in [1.54, 1.807) is 0 Å². The summed E-state index contributed by atoms with van der Waals surface area (Å²) < 4.78 is 6.80. The van der Waals surface area contributed by atoms with Crippen LogP contribution in [0.25, 0.3) is 99.5 Å². The molecule has 0 spiro atoms. The molecular formula is C64H43NO. The third kappa shape index (κ3) is 7.02. The average Bonchev–Trinajstić information content (AvgIpc) is 3.80. The standard InChI is InChI=1S/C64H43NO/c1-3-17-45(18-4-1)54-26-9-11-28-58(54)59-29-12-10-27-55(59)48-35-39-52(40-36-48)65(61-42-41-57(47-19-5-2-6-20-47)64-63(61)60-30-13-14-32-62(60)66-64)51-37-33-44(34-38-51)49-23-15-24-50(43-49)56-31-16-22-46-21-7-8-25-53(46)56/h1-43H. The Morgan fingerprint density at radius 2 is 0.742 bits per heavy atom. The average molecular weight is 842 g/mol. The summed E-state index contributed by atoms with van der Waals surface area (Å²) in [5.74, 6) is 0. The number of furan rings is 1. The van der Waals surface area contributed by atoms with Crippen LogP contribution in [0.3, 0.4) is 0 Å². The van der Waals surface area contributed by atoms with Crippen LogP contribution >= 0.6 is 0 Å². The van der Waals surface area contributed by atoms with Gasteiger partial charge in [0.25, 0.3) is 0 Å². The third-order valence-corrected chi connectivity index (χ3v) is 12.9. The van der Waals surface area contributed by atoms with E-state index < -0.39 is 0 Å². The van der Waals surface area contributed by atoms with Crippen molar-refractivity contribution in [2.75, 3.05) is 4.90 Å². The normalized spacial score (nSPS) is 11.3. The second-order valence-electron chi connectivity index (χ2n) is 16.8. The van der Waals surface area contributed by atoms with E-state index in [-0.39, 0.29) is 0 Å². The summed E-state index contributed by atoms with van der Waals surface area (Å²) in [6.45, 7) is 0. The summed E-state index contributed by atoms with van der Waals surface area (Å²) in [6.07, 6.45) is 0. The molecule has 1 heterocycles. The minimum atomic E-state index is 0.862. The maximum absolute atomic E-state index is 6.80. The topological polar surface area (TPSA) is 16.4 Å². The van der Waals surface area contributed by atoms with E-state index in [0.29, 0.717) is 0 Å². The molecule has 0 saturated heterocycles. The molecule has 0 aliphatic heterocycles. The molecule has 0 bridgehead atoms. The third-order valence-electron chi connectivity index (χ3n) is 12.9. The highest BCUT2D eigenvalue weighted by atomic mass is 16.3. The summed E-state index contributed by atoms with van der Waals surface area (Å²) in [5, 5.41) is 4.65. The second kappa shape index (κ2) is 16.8. The van der Waals surface area contributed by atoms with Gasteiger partial charge in [-0.3, -0.25) is 0 Å². The SMILES string of the molecule is c1ccc(-c2ccccc2-c2ccccc2-c2ccc(N(c3ccc(-c4cccc(-c5cccc6ccccc56)c4)cc3)c3ccc(-c4ccccc4)c4oc5ccccc5c34)cc2)cc1. The van der Waals surface area contributed by atoms with Crippen LogP contribution in [-0.2, 0) is 0 Å². The van der Waals surface area contributed by atoms with Crippen molar-refractivity contribution in [2.24, 2.45) is 0 Å². The number of anilines is 3. The smallest absolute Gasteiger partial charge is 0.145 e. The molecule has 0 aliphatic carbocycles. The Morgan fingerprint density at radius 1 is 0.273 bits per heavy atom. The molecule has 0 aliphatic rings. The van der Waals surface area contributed by atoms with Gasteiger partial charge in [0.05, 0.1) is 11.1 Å². The van der Waals surface area contributed by atoms with Crippen LogP contribution in [0, 0.1) is 0 Å². The maximum atomic E-state index is 6.80. The Kier molecular flexibility index (Phi) is 9.89. The summed E-state index contributed by atoms with van der Waals surface area (Å²) in [6, 6.07) is 93.7. The highest BCUT2D eigenvalue weighted by Crippen LogP contribution is 2.47. The van der Waals surface area contributed by atoms with Crippen molar-refractivity contribution in [3.63, 3.8) is 0 Å². The summed E-state index contributed by atoms with van der Waals surface area (Å²) in [4.78, 5) is 2.38. The minimum Gasteiger partial charge on any atom is -0.455 e. The Balaban J connectivity index is 0.993. The number of rotatable bonds is 9. The van der Waals surface area contributed by atoms with E-state index >= 15 is 0 Å². The first-order valence-corrected chi connectivity index (χ1v) is 22.6. The quantitative estimate of drug-likeness (QED) is 0.144. The minimum absolute atomic E-state index is 0.862. The summed E-state index contributed by atoms with van der Waals surface area (Å²) >= 11 is 0. The van der Waals surface area contributed by atoms with E-state index in [1.165, 1.54) is 55.3 Å². The van der Waals surface area contributed by atoms with Gasteiger partial charge in [-0.05, 0) is 121 Å². The van der Waals surface area contributed by atoms with Gasteiger partial charge in [0.15, 0.2) is 0 Å². The highest BCUT2D eigenvalue weighted by Gasteiger charge is 2.23. The van der Waals surface area contributed by atoms with Crippen LogP contribution in [-0.4, -0.2) is 0 Å². The first-order chi connectivity index (χ1) is 32.7. The molecule has 11 aromatic carbocycles. The highest BCUT2D eigenvalue weighted by molar-refractivity contribution is 6.17. The monoisotopic (exact) mass is 841 g/mol. The van der Waals surface area contributed by atoms with Gasteiger partial charge in [-0.25, -0.2) is 0 Å². The van der Waals surface area contributed by atoms with Gasteiger partial charge in [0.1, 0.15) is 11.2 Å². The van der Waals surface area contributed by atoms with Gasteiger partial charge < -0.3 is 9.32 Å². The maximum Gasteiger partial charge on any atom is 0.145 e. The lowest BCUT2D eigenvalue weighted by atomic mass is 9.89. The van der Waals surface area contributed by atoms with Crippen LogP contribution in [0.4, 0.5) is 17.1 Å². The number of hydrogen-bond donors (Lipinski definition) is 0. The molecule has 0 N–H and O–H groups in total. The molecule has 310 valence electrons. The molecule has 0 fully saturated rings. The first-order valence-electron chi connectivity index (χ1n) is 22.6. The van der Waals surface area contributed by atoms with Crippen molar-refractivity contribution >= 4 is 49.8 Å². The number of benzene rings is 11. The van der Waals surface area contributed by atoms with Gasteiger partial charge >= 0.3 is 0 Å². The summed E-state index contributed by atoms with van der Waals surface area (Å²) in [5.41, 5.74) is 19.0. The molecular weight excluding hydrogens is 799 g/mol. The zero-order valence-electron chi connectivity index (χ0n) is 36.2. The van der Waals surface area contributed by atoms with E-state index in [0.717, 1.165) is 61.3 Å². The van der Waals surface area contributed by atoms with Gasteiger partial charge in [-0.15, -0.1) is 0 Å². The lowest BCUT2D eigenvalue weighted by Gasteiger charge is -2.27. The first kappa shape index (κ1) is 38.9. The molecule has 2 heteroatoms.